The number of thioether (sulfide) groups is 1. The average molecular weight is 380 g/mol. The summed E-state index contributed by atoms with van der Waals surface area (Å²) in [4.78, 5) is 26.8. The van der Waals surface area contributed by atoms with Crippen molar-refractivity contribution in [3.8, 4) is 10.7 Å². The third kappa shape index (κ3) is 3.87. The van der Waals surface area contributed by atoms with Crippen LogP contribution in [0.2, 0.25) is 0 Å². The van der Waals surface area contributed by atoms with E-state index in [0.717, 1.165) is 30.1 Å². The summed E-state index contributed by atoms with van der Waals surface area (Å²) in [5.74, 6) is 0.554. The second kappa shape index (κ2) is 8.01. The molecule has 0 saturated carbocycles. The monoisotopic (exact) mass is 379 g/mol. The van der Waals surface area contributed by atoms with Gasteiger partial charge < -0.3 is 15.2 Å². The summed E-state index contributed by atoms with van der Waals surface area (Å²) >= 11 is 2.97. The first kappa shape index (κ1) is 17.9. The highest BCUT2D eigenvalue weighted by atomic mass is 32.2. The minimum absolute atomic E-state index is 0.0724. The lowest BCUT2D eigenvalue weighted by Crippen LogP contribution is -2.51. The minimum Gasteiger partial charge on any atom is -0.368 e. The number of piperidine rings is 1. The van der Waals surface area contributed by atoms with Gasteiger partial charge in [-0.15, -0.1) is 21.5 Å². The number of thiophene rings is 1. The molecule has 0 aromatic carbocycles. The van der Waals surface area contributed by atoms with Crippen LogP contribution in [0.15, 0.2) is 22.7 Å². The summed E-state index contributed by atoms with van der Waals surface area (Å²) in [6.45, 7) is 3.35. The minimum atomic E-state index is -0.479. The smallest absolute Gasteiger partial charge is 0.240 e. The fourth-order valence-electron chi connectivity index (χ4n) is 3.00. The van der Waals surface area contributed by atoms with Crippen LogP contribution in [0.5, 0.6) is 0 Å². The van der Waals surface area contributed by atoms with E-state index >= 15 is 0 Å². The largest absolute Gasteiger partial charge is 0.368 e. The standard InChI is InChI=1S/C16H21N5O2S2/c1-2-20-15(12-7-5-9-24-12)18-19-16(20)25-10-13(22)21-8-4-3-6-11(21)14(17)23/h5,7,9,11H,2-4,6,8,10H2,1H3,(H2,17,23)/t11-/m0/s1. The van der Waals surface area contributed by atoms with Gasteiger partial charge in [-0.3, -0.25) is 9.59 Å². The van der Waals surface area contributed by atoms with E-state index in [-0.39, 0.29) is 11.7 Å². The zero-order chi connectivity index (χ0) is 17.8. The molecule has 1 aliphatic rings. The van der Waals surface area contributed by atoms with Crippen LogP contribution >= 0.6 is 23.1 Å². The number of carbonyl (C=O) groups is 2. The number of likely N-dealkylation sites (tertiary alicyclic amines) is 1. The maximum atomic E-state index is 12.6. The molecule has 1 atom stereocenters. The Morgan fingerprint density at radius 3 is 2.92 bits per heavy atom. The van der Waals surface area contributed by atoms with Crippen LogP contribution < -0.4 is 5.73 Å². The molecule has 25 heavy (non-hydrogen) atoms. The maximum absolute atomic E-state index is 12.6. The van der Waals surface area contributed by atoms with Crippen LogP contribution in [-0.2, 0) is 16.1 Å². The van der Waals surface area contributed by atoms with Gasteiger partial charge in [-0.25, -0.2) is 0 Å². The Hall–Kier alpha value is -1.87. The predicted molar refractivity (Wildman–Crippen MR) is 98.3 cm³/mol. The first-order chi connectivity index (χ1) is 12.1. The van der Waals surface area contributed by atoms with Gasteiger partial charge in [-0.1, -0.05) is 17.8 Å². The molecule has 3 rings (SSSR count). The fourth-order valence-corrected chi connectivity index (χ4v) is 4.61. The number of amides is 2. The van der Waals surface area contributed by atoms with Gasteiger partial charge in [0.05, 0.1) is 10.6 Å². The molecule has 0 aliphatic carbocycles. The van der Waals surface area contributed by atoms with Gasteiger partial charge in [0.2, 0.25) is 11.8 Å². The molecule has 9 heteroatoms. The Morgan fingerprint density at radius 1 is 1.40 bits per heavy atom. The van der Waals surface area contributed by atoms with E-state index in [1.807, 2.05) is 29.0 Å². The Bertz CT molecular complexity index is 744. The molecule has 7 nitrogen and oxygen atoms in total. The Labute approximate surface area is 154 Å². The molecule has 0 spiro atoms. The average Bonchev–Trinajstić information content (AvgIpc) is 3.28. The van der Waals surface area contributed by atoms with E-state index in [9.17, 15) is 9.59 Å². The van der Waals surface area contributed by atoms with Crippen molar-refractivity contribution < 1.29 is 9.59 Å². The molecule has 2 N–H and O–H groups in total. The zero-order valence-corrected chi connectivity index (χ0v) is 15.7. The molecule has 0 unspecified atom stereocenters. The summed E-state index contributed by atoms with van der Waals surface area (Å²) in [5, 5.41) is 11.2. The molecule has 1 fully saturated rings. The number of rotatable bonds is 6. The molecular weight excluding hydrogens is 358 g/mol. The first-order valence-electron chi connectivity index (χ1n) is 8.30. The van der Waals surface area contributed by atoms with Gasteiger partial charge in [-0.05, 0) is 37.6 Å². The van der Waals surface area contributed by atoms with Gasteiger partial charge in [0.1, 0.15) is 6.04 Å². The van der Waals surface area contributed by atoms with Crippen LogP contribution in [0.3, 0.4) is 0 Å². The molecule has 0 bridgehead atoms. The van der Waals surface area contributed by atoms with Crippen molar-refractivity contribution in [3.05, 3.63) is 17.5 Å². The molecular formula is C16H21N5O2S2. The molecule has 1 saturated heterocycles. The molecule has 0 radical (unpaired) electrons. The highest BCUT2D eigenvalue weighted by Crippen LogP contribution is 2.27. The van der Waals surface area contributed by atoms with Crippen molar-refractivity contribution in [1.82, 2.24) is 19.7 Å². The highest BCUT2D eigenvalue weighted by Gasteiger charge is 2.30. The topological polar surface area (TPSA) is 94.1 Å². The summed E-state index contributed by atoms with van der Waals surface area (Å²) in [7, 11) is 0. The SMILES string of the molecule is CCn1c(SCC(=O)N2CCCC[C@H]2C(N)=O)nnc1-c1cccs1. The van der Waals surface area contributed by atoms with Crippen LogP contribution in [-0.4, -0.2) is 49.8 Å². The van der Waals surface area contributed by atoms with Crippen LogP contribution in [0.1, 0.15) is 26.2 Å². The van der Waals surface area contributed by atoms with Gasteiger partial charge >= 0.3 is 0 Å². The number of nitrogens with zero attached hydrogens (tertiary/aromatic N) is 4. The number of nitrogens with two attached hydrogens (primary N) is 1. The number of primary amides is 1. The number of carbonyl (C=O) groups excluding carboxylic acids is 2. The molecule has 2 amide bonds. The van der Waals surface area contributed by atoms with Crippen LogP contribution in [0.4, 0.5) is 0 Å². The van der Waals surface area contributed by atoms with Crippen molar-refractivity contribution in [2.24, 2.45) is 5.73 Å². The zero-order valence-electron chi connectivity index (χ0n) is 14.1. The lowest BCUT2D eigenvalue weighted by Gasteiger charge is -2.33. The Kier molecular flexibility index (Phi) is 5.74. The van der Waals surface area contributed by atoms with Crippen LogP contribution in [0, 0.1) is 0 Å². The number of hydrogen-bond donors (Lipinski definition) is 1. The third-order valence-corrected chi connectivity index (χ3v) is 6.07. The van der Waals surface area contributed by atoms with Crippen molar-refractivity contribution in [3.63, 3.8) is 0 Å². The van der Waals surface area contributed by atoms with E-state index < -0.39 is 11.9 Å². The summed E-state index contributed by atoms with van der Waals surface area (Å²) < 4.78 is 2.01. The summed E-state index contributed by atoms with van der Waals surface area (Å²) in [6.07, 6.45) is 2.49. The van der Waals surface area contributed by atoms with E-state index in [1.54, 1.807) is 16.2 Å². The van der Waals surface area contributed by atoms with E-state index in [0.29, 0.717) is 18.1 Å². The van der Waals surface area contributed by atoms with E-state index in [4.69, 9.17) is 5.73 Å². The Morgan fingerprint density at radius 2 is 2.24 bits per heavy atom. The van der Waals surface area contributed by atoms with Gasteiger partial charge in [0.15, 0.2) is 11.0 Å². The van der Waals surface area contributed by atoms with Crippen molar-refractivity contribution in [2.75, 3.05) is 12.3 Å². The summed E-state index contributed by atoms with van der Waals surface area (Å²) in [5.41, 5.74) is 5.44. The molecule has 2 aromatic rings. The van der Waals surface area contributed by atoms with Gasteiger partial charge in [-0.2, -0.15) is 0 Å². The lowest BCUT2D eigenvalue weighted by atomic mass is 10.0. The fraction of sp³-hybridized carbons (Fsp3) is 0.500. The maximum Gasteiger partial charge on any atom is 0.240 e. The molecule has 3 heterocycles. The van der Waals surface area contributed by atoms with Crippen molar-refractivity contribution >= 4 is 34.9 Å². The first-order valence-corrected chi connectivity index (χ1v) is 10.2. The van der Waals surface area contributed by atoms with E-state index in [2.05, 4.69) is 10.2 Å². The van der Waals surface area contributed by atoms with Gasteiger partial charge in [0, 0.05) is 13.1 Å². The second-order valence-electron chi connectivity index (χ2n) is 5.82. The molecule has 2 aromatic heterocycles. The molecule has 1 aliphatic heterocycles. The predicted octanol–water partition coefficient (Wildman–Crippen LogP) is 1.98. The van der Waals surface area contributed by atoms with Crippen molar-refractivity contribution in [2.45, 2.75) is 43.9 Å². The van der Waals surface area contributed by atoms with Crippen molar-refractivity contribution in [1.29, 1.82) is 0 Å². The number of hydrogen-bond acceptors (Lipinski definition) is 6. The Balaban J connectivity index is 1.69. The summed E-state index contributed by atoms with van der Waals surface area (Å²) in [6, 6.07) is 3.50. The molecule has 134 valence electrons. The van der Waals surface area contributed by atoms with E-state index in [1.165, 1.54) is 11.8 Å². The number of aromatic nitrogens is 3. The lowest BCUT2D eigenvalue weighted by molar-refractivity contribution is -0.138. The van der Waals surface area contributed by atoms with Crippen LogP contribution in [0.25, 0.3) is 10.7 Å². The normalized spacial score (nSPS) is 17.6. The second-order valence-corrected chi connectivity index (χ2v) is 7.71. The highest BCUT2D eigenvalue weighted by molar-refractivity contribution is 7.99. The third-order valence-electron chi connectivity index (χ3n) is 4.25. The van der Waals surface area contributed by atoms with Gasteiger partial charge in [0.25, 0.3) is 0 Å². The quantitative estimate of drug-likeness (QED) is 0.775.